The lowest BCUT2D eigenvalue weighted by Crippen LogP contribution is -2.55. The Kier molecular flexibility index (Phi) is 2.97. The standard InChI is InChI=1S/C15H13N3O3S/c19-13-7-14-18(13)12(15(20)21)6-11(22-14)9-16-4-5-17-3-1-2-10(17)8-16/h1-6,8,11,14H,7,9H2/p+1/t11?,14-/m1/s1. The third-order valence-corrected chi connectivity index (χ3v) is 5.31. The summed E-state index contributed by atoms with van der Waals surface area (Å²) in [7, 11) is 0. The Morgan fingerprint density at radius 1 is 1.45 bits per heavy atom. The second kappa shape index (κ2) is 4.88. The molecule has 112 valence electrons. The number of carbonyl (C=O) groups is 2. The monoisotopic (exact) mass is 316 g/mol. The van der Waals surface area contributed by atoms with E-state index >= 15 is 0 Å². The van der Waals surface area contributed by atoms with E-state index in [1.165, 1.54) is 4.90 Å². The van der Waals surface area contributed by atoms with Crippen molar-refractivity contribution in [2.75, 3.05) is 0 Å². The highest BCUT2D eigenvalue weighted by Gasteiger charge is 2.45. The number of carbonyl (C=O) groups excluding carboxylic acids is 1. The van der Waals surface area contributed by atoms with E-state index < -0.39 is 5.97 Å². The van der Waals surface area contributed by atoms with E-state index in [4.69, 9.17) is 0 Å². The molecule has 7 heteroatoms. The van der Waals surface area contributed by atoms with E-state index in [0.717, 1.165) is 5.52 Å². The first-order valence-corrected chi connectivity index (χ1v) is 7.94. The Labute approximate surface area is 130 Å². The summed E-state index contributed by atoms with van der Waals surface area (Å²) in [6.45, 7) is 0.682. The third-order valence-electron chi connectivity index (χ3n) is 3.98. The fraction of sp³-hybridized carbons (Fsp3) is 0.267. The van der Waals surface area contributed by atoms with Crippen molar-refractivity contribution in [3.63, 3.8) is 0 Å². The van der Waals surface area contributed by atoms with E-state index in [0.29, 0.717) is 13.0 Å². The first-order valence-electron chi connectivity index (χ1n) is 7.00. The summed E-state index contributed by atoms with van der Waals surface area (Å²) in [5, 5.41) is 9.30. The van der Waals surface area contributed by atoms with Gasteiger partial charge in [0, 0.05) is 6.20 Å². The molecule has 1 saturated heterocycles. The number of β-lactam (4-membered cyclic amide) rings is 1. The predicted octanol–water partition coefficient (Wildman–Crippen LogP) is 0.869. The molecule has 2 aliphatic heterocycles. The number of carboxylic acid groups (broad SMARTS) is 1. The molecule has 22 heavy (non-hydrogen) atoms. The van der Waals surface area contributed by atoms with Gasteiger partial charge in [-0.2, -0.15) is 0 Å². The van der Waals surface area contributed by atoms with E-state index in [-0.39, 0.29) is 22.2 Å². The van der Waals surface area contributed by atoms with Crippen LogP contribution in [0.25, 0.3) is 5.52 Å². The SMILES string of the molecule is O=C(O)C1=CC(C[n+]2ccn3cccc3c2)S[C@@H]2CC(=O)N12. The molecule has 0 aliphatic carbocycles. The number of nitrogens with zero attached hydrogens (tertiary/aromatic N) is 3. The highest BCUT2D eigenvalue weighted by atomic mass is 32.2. The zero-order valence-corrected chi connectivity index (χ0v) is 12.4. The van der Waals surface area contributed by atoms with Gasteiger partial charge in [-0.05, 0) is 18.2 Å². The average Bonchev–Trinajstić information content (AvgIpc) is 2.93. The molecule has 6 nitrogen and oxygen atoms in total. The van der Waals surface area contributed by atoms with Crippen LogP contribution < -0.4 is 4.57 Å². The van der Waals surface area contributed by atoms with E-state index in [1.807, 2.05) is 41.3 Å². The van der Waals surface area contributed by atoms with Gasteiger partial charge < -0.3 is 9.51 Å². The van der Waals surface area contributed by atoms with Crippen molar-refractivity contribution in [1.82, 2.24) is 9.30 Å². The smallest absolute Gasteiger partial charge is 0.352 e. The van der Waals surface area contributed by atoms with Gasteiger partial charge in [0.15, 0.2) is 18.9 Å². The summed E-state index contributed by atoms with van der Waals surface area (Å²) in [5.41, 5.74) is 1.21. The van der Waals surface area contributed by atoms with Crippen molar-refractivity contribution in [2.45, 2.75) is 23.6 Å². The van der Waals surface area contributed by atoms with Gasteiger partial charge in [-0.3, -0.25) is 9.69 Å². The molecule has 2 atom stereocenters. The molecule has 1 fully saturated rings. The van der Waals surface area contributed by atoms with Gasteiger partial charge in [-0.25, -0.2) is 9.36 Å². The fourth-order valence-corrected chi connectivity index (χ4v) is 4.36. The van der Waals surface area contributed by atoms with Gasteiger partial charge in [0.05, 0.1) is 23.2 Å². The van der Waals surface area contributed by atoms with Gasteiger partial charge in [-0.1, -0.05) is 0 Å². The quantitative estimate of drug-likeness (QED) is 0.674. The average molecular weight is 316 g/mol. The van der Waals surface area contributed by atoms with Crippen molar-refractivity contribution in [2.24, 2.45) is 0 Å². The number of carboxylic acids is 1. The molecule has 2 aromatic heterocycles. The number of fused-ring (bicyclic) bond motifs is 2. The Morgan fingerprint density at radius 3 is 3.09 bits per heavy atom. The van der Waals surface area contributed by atoms with E-state index in [1.54, 1.807) is 17.8 Å². The molecule has 2 aromatic rings. The first-order chi connectivity index (χ1) is 10.6. The maximum atomic E-state index is 11.6. The first kappa shape index (κ1) is 13.4. The Bertz CT molecular complexity index is 813. The number of thioether (sulfide) groups is 1. The maximum absolute atomic E-state index is 11.6. The molecule has 1 unspecified atom stereocenters. The second-order valence-corrected chi connectivity index (χ2v) is 6.84. The van der Waals surface area contributed by atoms with Crippen LogP contribution >= 0.6 is 11.8 Å². The minimum absolute atomic E-state index is 0.0359. The van der Waals surface area contributed by atoms with Crippen molar-refractivity contribution >= 4 is 29.2 Å². The van der Waals surface area contributed by atoms with Crippen LogP contribution in [0, 0.1) is 0 Å². The molecule has 0 saturated carbocycles. The van der Waals surface area contributed by atoms with Crippen LogP contribution in [0.15, 0.2) is 48.7 Å². The highest BCUT2D eigenvalue weighted by Crippen LogP contribution is 2.40. The van der Waals surface area contributed by atoms with Crippen LogP contribution in [-0.2, 0) is 16.1 Å². The summed E-state index contributed by atoms with van der Waals surface area (Å²) in [6.07, 6.45) is 10.1. The number of rotatable bonds is 3. The van der Waals surface area contributed by atoms with Gasteiger partial charge in [0.25, 0.3) is 0 Å². The number of aliphatic carboxylic acids is 1. The van der Waals surface area contributed by atoms with Crippen LogP contribution in [0.3, 0.4) is 0 Å². The van der Waals surface area contributed by atoms with E-state index in [9.17, 15) is 14.7 Å². The van der Waals surface area contributed by atoms with Crippen molar-refractivity contribution in [3.05, 3.63) is 48.7 Å². The second-order valence-electron chi connectivity index (χ2n) is 5.42. The number of amides is 1. The van der Waals surface area contributed by atoms with Crippen molar-refractivity contribution < 1.29 is 19.3 Å². The van der Waals surface area contributed by atoms with Crippen LogP contribution in [0.5, 0.6) is 0 Å². The number of hydrogen-bond donors (Lipinski definition) is 1. The van der Waals surface area contributed by atoms with Gasteiger partial charge in [0.2, 0.25) is 5.91 Å². The van der Waals surface area contributed by atoms with Gasteiger partial charge >= 0.3 is 5.97 Å². The third kappa shape index (κ3) is 2.09. The van der Waals surface area contributed by atoms with E-state index in [2.05, 4.69) is 4.57 Å². The summed E-state index contributed by atoms with van der Waals surface area (Å²) in [4.78, 5) is 24.3. The summed E-state index contributed by atoms with van der Waals surface area (Å²) < 4.78 is 4.08. The Hall–Kier alpha value is -2.28. The molecule has 2 aliphatic rings. The molecule has 1 amide bonds. The van der Waals surface area contributed by atoms with Crippen molar-refractivity contribution in [3.8, 4) is 0 Å². The molecular weight excluding hydrogens is 302 g/mol. The zero-order valence-electron chi connectivity index (χ0n) is 11.6. The molecular formula is C15H14N3O3S+. The Morgan fingerprint density at radius 2 is 2.32 bits per heavy atom. The minimum atomic E-state index is -1.03. The minimum Gasteiger partial charge on any atom is -0.477 e. The largest absolute Gasteiger partial charge is 0.477 e. The fourth-order valence-electron chi connectivity index (χ4n) is 2.90. The van der Waals surface area contributed by atoms with Crippen LogP contribution in [0.4, 0.5) is 0 Å². The van der Waals surface area contributed by atoms with Crippen LogP contribution in [0.1, 0.15) is 6.42 Å². The highest BCUT2D eigenvalue weighted by molar-refractivity contribution is 8.00. The summed E-state index contributed by atoms with van der Waals surface area (Å²) in [5.74, 6) is -1.14. The van der Waals surface area contributed by atoms with Crippen LogP contribution in [0.2, 0.25) is 0 Å². The topological polar surface area (TPSA) is 65.9 Å². The lowest BCUT2D eigenvalue weighted by Gasteiger charge is -2.43. The molecule has 0 aromatic carbocycles. The van der Waals surface area contributed by atoms with Crippen molar-refractivity contribution in [1.29, 1.82) is 0 Å². The summed E-state index contributed by atoms with van der Waals surface area (Å²) in [6, 6.07) is 4.00. The molecule has 0 spiro atoms. The lowest BCUT2D eigenvalue weighted by molar-refractivity contribution is -0.694. The number of hydrogen-bond acceptors (Lipinski definition) is 3. The Balaban J connectivity index is 1.60. The predicted molar refractivity (Wildman–Crippen MR) is 79.9 cm³/mol. The van der Waals surface area contributed by atoms with Crippen LogP contribution in [-0.4, -0.2) is 36.9 Å². The zero-order chi connectivity index (χ0) is 15.3. The normalized spacial score (nSPS) is 23.9. The van der Waals surface area contributed by atoms with Gasteiger partial charge in [0.1, 0.15) is 11.2 Å². The number of aromatic nitrogens is 2. The molecule has 0 radical (unpaired) electrons. The molecule has 1 N–H and O–H groups in total. The molecule has 4 rings (SSSR count). The molecule has 4 heterocycles. The lowest BCUT2D eigenvalue weighted by atomic mass is 10.1. The summed E-state index contributed by atoms with van der Waals surface area (Å²) >= 11 is 1.65. The van der Waals surface area contributed by atoms with Gasteiger partial charge in [-0.15, -0.1) is 11.8 Å². The maximum Gasteiger partial charge on any atom is 0.352 e. The molecule has 0 bridgehead atoms.